The lowest BCUT2D eigenvalue weighted by molar-refractivity contribution is -0.137. The van der Waals surface area contributed by atoms with E-state index in [4.69, 9.17) is 9.84 Å². The van der Waals surface area contributed by atoms with Crippen molar-refractivity contribution in [3.05, 3.63) is 0 Å². The van der Waals surface area contributed by atoms with E-state index in [0.29, 0.717) is 19.6 Å². The number of methoxy groups -OCH3 is 1. The lowest BCUT2D eigenvalue weighted by Gasteiger charge is -2.05. The Hall–Kier alpha value is -0.660. The van der Waals surface area contributed by atoms with Gasteiger partial charge in [-0.25, -0.2) is 13.1 Å². The van der Waals surface area contributed by atoms with Crippen LogP contribution in [0.2, 0.25) is 0 Å². The first-order chi connectivity index (χ1) is 6.98. The summed E-state index contributed by atoms with van der Waals surface area (Å²) in [5.41, 5.74) is 0. The molecule has 0 unspecified atom stereocenters. The van der Waals surface area contributed by atoms with E-state index in [0.717, 1.165) is 0 Å². The molecular formula is C8H17NO5S. The highest BCUT2D eigenvalue weighted by molar-refractivity contribution is 7.89. The Morgan fingerprint density at radius 1 is 1.40 bits per heavy atom. The number of carboxylic acids is 1. The summed E-state index contributed by atoms with van der Waals surface area (Å²) in [4.78, 5) is 10.2. The van der Waals surface area contributed by atoms with Gasteiger partial charge in [-0.2, -0.15) is 0 Å². The van der Waals surface area contributed by atoms with E-state index in [1.54, 1.807) is 7.11 Å². The molecule has 0 amide bonds. The van der Waals surface area contributed by atoms with Gasteiger partial charge in [-0.05, 0) is 12.8 Å². The predicted octanol–water partition coefficient (Wildman–Crippen LogP) is -0.193. The van der Waals surface area contributed by atoms with Crippen molar-refractivity contribution in [2.75, 3.05) is 26.0 Å². The van der Waals surface area contributed by atoms with E-state index in [2.05, 4.69) is 4.72 Å². The molecule has 0 fully saturated rings. The first-order valence-electron chi connectivity index (χ1n) is 4.66. The minimum atomic E-state index is -3.33. The Labute approximate surface area is 89.7 Å². The molecule has 0 aromatic carbocycles. The summed E-state index contributed by atoms with van der Waals surface area (Å²) in [6.45, 7) is 0.820. The van der Waals surface area contributed by atoms with E-state index in [1.165, 1.54) is 0 Å². The molecule has 0 aliphatic carbocycles. The zero-order valence-electron chi connectivity index (χ0n) is 8.73. The molecule has 0 atom stereocenters. The van der Waals surface area contributed by atoms with Crippen molar-refractivity contribution in [2.24, 2.45) is 0 Å². The number of sulfonamides is 1. The Morgan fingerprint density at radius 2 is 2.07 bits per heavy atom. The van der Waals surface area contributed by atoms with Crippen LogP contribution in [0.25, 0.3) is 0 Å². The molecule has 0 aliphatic heterocycles. The summed E-state index contributed by atoms with van der Waals surface area (Å²) in [7, 11) is -1.78. The second-order valence-electron chi connectivity index (χ2n) is 3.06. The van der Waals surface area contributed by atoms with Crippen LogP contribution < -0.4 is 4.72 Å². The fourth-order valence-corrected chi connectivity index (χ4v) is 2.05. The van der Waals surface area contributed by atoms with Crippen LogP contribution in [0.4, 0.5) is 0 Å². The zero-order chi connectivity index (χ0) is 11.7. The van der Waals surface area contributed by atoms with E-state index in [9.17, 15) is 13.2 Å². The highest BCUT2D eigenvalue weighted by Gasteiger charge is 2.09. The summed E-state index contributed by atoms with van der Waals surface area (Å²) in [5.74, 6) is -1.13. The number of carboxylic acid groups (broad SMARTS) is 1. The van der Waals surface area contributed by atoms with Crippen molar-refractivity contribution >= 4 is 16.0 Å². The van der Waals surface area contributed by atoms with Crippen LogP contribution in [-0.2, 0) is 19.6 Å². The van der Waals surface area contributed by atoms with Gasteiger partial charge in [-0.15, -0.1) is 0 Å². The first kappa shape index (κ1) is 14.3. The van der Waals surface area contributed by atoms with Gasteiger partial charge in [-0.3, -0.25) is 4.79 Å². The summed E-state index contributed by atoms with van der Waals surface area (Å²) < 4.78 is 29.6. The highest BCUT2D eigenvalue weighted by Crippen LogP contribution is 1.94. The second-order valence-corrected chi connectivity index (χ2v) is 4.98. The molecule has 0 saturated carbocycles. The molecule has 0 rings (SSSR count). The first-order valence-corrected chi connectivity index (χ1v) is 6.31. The fraction of sp³-hybridized carbons (Fsp3) is 0.875. The normalized spacial score (nSPS) is 11.5. The lowest BCUT2D eigenvalue weighted by atomic mass is 10.3. The summed E-state index contributed by atoms with van der Waals surface area (Å²) >= 11 is 0. The molecule has 0 bridgehead atoms. The molecule has 7 heteroatoms. The SMILES string of the molecule is COCCCNS(=O)(=O)CCCC(=O)O. The minimum Gasteiger partial charge on any atom is -0.481 e. The Morgan fingerprint density at radius 3 is 2.60 bits per heavy atom. The standard InChI is InChI=1S/C8H17NO5S/c1-14-6-3-5-9-15(12,13)7-2-4-8(10)11/h9H,2-7H2,1H3,(H,10,11). The number of hydrogen-bond donors (Lipinski definition) is 2. The molecular weight excluding hydrogens is 222 g/mol. The van der Waals surface area contributed by atoms with E-state index < -0.39 is 16.0 Å². The molecule has 90 valence electrons. The van der Waals surface area contributed by atoms with Gasteiger partial charge < -0.3 is 9.84 Å². The maximum Gasteiger partial charge on any atom is 0.303 e. The Kier molecular flexibility index (Phi) is 7.27. The Bertz CT molecular complexity index is 275. The van der Waals surface area contributed by atoms with Crippen LogP contribution >= 0.6 is 0 Å². The number of aliphatic carboxylic acids is 1. The second kappa shape index (κ2) is 7.61. The molecule has 2 N–H and O–H groups in total. The van der Waals surface area contributed by atoms with E-state index in [-0.39, 0.29) is 18.6 Å². The van der Waals surface area contributed by atoms with Crippen molar-refractivity contribution in [3.63, 3.8) is 0 Å². The minimum absolute atomic E-state index is 0.126. The van der Waals surface area contributed by atoms with Gasteiger partial charge in [-0.1, -0.05) is 0 Å². The van der Waals surface area contributed by atoms with Crippen LogP contribution in [0.1, 0.15) is 19.3 Å². The topological polar surface area (TPSA) is 92.7 Å². The predicted molar refractivity (Wildman–Crippen MR) is 55.2 cm³/mol. The molecule has 0 saturated heterocycles. The van der Waals surface area contributed by atoms with Crippen molar-refractivity contribution < 1.29 is 23.1 Å². The average molecular weight is 239 g/mol. The van der Waals surface area contributed by atoms with Crippen molar-refractivity contribution in [1.82, 2.24) is 4.72 Å². The maximum absolute atomic E-state index is 11.2. The Balaban J connectivity index is 3.63. The van der Waals surface area contributed by atoms with Crippen molar-refractivity contribution in [3.8, 4) is 0 Å². The molecule has 0 aromatic heterocycles. The third-order valence-corrected chi connectivity index (χ3v) is 3.12. The van der Waals surface area contributed by atoms with Gasteiger partial charge in [0.05, 0.1) is 5.75 Å². The van der Waals surface area contributed by atoms with Gasteiger partial charge in [0.1, 0.15) is 0 Å². The number of nitrogens with one attached hydrogen (secondary N) is 1. The summed E-state index contributed by atoms with van der Waals surface area (Å²) in [6.07, 6.45) is 0.614. The van der Waals surface area contributed by atoms with Gasteiger partial charge >= 0.3 is 5.97 Å². The lowest BCUT2D eigenvalue weighted by Crippen LogP contribution is -2.28. The molecule has 15 heavy (non-hydrogen) atoms. The molecule has 0 heterocycles. The van der Waals surface area contributed by atoms with Gasteiger partial charge in [0.25, 0.3) is 0 Å². The average Bonchev–Trinajstić information content (AvgIpc) is 2.11. The fourth-order valence-electron chi connectivity index (χ4n) is 0.930. The summed E-state index contributed by atoms with van der Waals surface area (Å²) in [5, 5.41) is 8.32. The smallest absolute Gasteiger partial charge is 0.303 e. The third kappa shape index (κ3) is 9.64. The molecule has 6 nitrogen and oxygen atoms in total. The van der Waals surface area contributed by atoms with Crippen LogP contribution in [0.15, 0.2) is 0 Å². The highest BCUT2D eigenvalue weighted by atomic mass is 32.2. The molecule has 0 aromatic rings. The molecule has 0 aliphatic rings. The van der Waals surface area contributed by atoms with Crippen molar-refractivity contribution in [1.29, 1.82) is 0 Å². The van der Waals surface area contributed by atoms with E-state index >= 15 is 0 Å². The van der Waals surface area contributed by atoms with Crippen LogP contribution in [0.3, 0.4) is 0 Å². The third-order valence-electron chi connectivity index (χ3n) is 1.65. The largest absolute Gasteiger partial charge is 0.481 e. The maximum atomic E-state index is 11.2. The number of hydrogen-bond acceptors (Lipinski definition) is 4. The quantitative estimate of drug-likeness (QED) is 0.544. The van der Waals surface area contributed by atoms with Crippen molar-refractivity contribution in [2.45, 2.75) is 19.3 Å². The summed E-state index contributed by atoms with van der Waals surface area (Å²) in [6, 6.07) is 0. The van der Waals surface area contributed by atoms with Crippen LogP contribution in [0.5, 0.6) is 0 Å². The monoisotopic (exact) mass is 239 g/mol. The van der Waals surface area contributed by atoms with Gasteiger partial charge in [0.2, 0.25) is 10.0 Å². The molecule has 0 radical (unpaired) electrons. The number of rotatable bonds is 9. The number of carbonyl (C=O) groups is 1. The van der Waals surface area contributed by atoms with Crippen LogP contribution in [-0.4, -0.2) is 45.5 Å². The molecule has 0 spiro atoms. The number of ether oxygens (including phenoxy) is 1. The van der Waals surface area contributed by atoms with E-state index in [1.807, 2.05) is 0 Å². The van der Waals surface area contributed by atoms with Gasteiger partial charge in [0.15, 0.2) is 0 Å². The zero-order valence-corrected chi connectivity index (χ0v) is 9.55. The van der Waals surface area contributed by atoms with Crippen LogP contribution in [0, 0.1) is 0 Å². The van der Waals surface area contributed by atoms with Gasteiger partial charge in [0, 0.05) is 26.7 Å².